The van der Waals surface area contributed by atoms with E-state index in [1.165, 1.54) is 6.07 Å². The number of likely N-dealkylation sites (tertiary alicyclic amines) is 1. The van der Waals surface area contributed by atoms with E-state index in [1.807, 2.05) is 30.3 Å². The molecule has 0 radical (unpaired) electrons. The lowest BCUT2D eigenvalue weighted by Gasteiger charge is -2.32. The Hall–Kier alpha value is -5.29. The highest BCUT2D eigenvalue weighted by Crippen LogP contribution is 2.32. The molecule has 5 aromatic rings. The van der Waals surface area contributed by atoms with Crippen molar-refractivity contribution in [3.8, 4) is 29.0 Å². The van der Waals surface area contributed by atoms with Gasteiger partial charge in [0, 0.05) is 49.8 Å². The van der Waals surface area contributed by atoms with Gasteiger partial charge in [0.15, 0.2) is 11.5 Å². The molecule has 1 aliphatic rings. The molecule has 218 valence electrons. The van der Waals surface area contributed by atoms with E-state index in [4.69, 9.17) is 11.0 Å². The third kappa shape index (κ3) is 6.31. The minimum Gasteiger partial charge on any atom is -0.388 e. The number of fused-ring (bicyclic) bond motifs is 1. The number of piperidine rings is 1. The number of nitriles is 1. The first kappa shape index (κ1) is 27.9. The Morgan fingerprint density at radius 3 is 2.49 bits per heavy atom. The molecular weight excluding hydrogens is 561 g/mol. The van der Waals surface area contributed by atoms with E-state index in [-0.39, 0.29) is 23.3 Å². The van der Waals surface area contributed by atoms with Crippen molar-refractivity contribution < 1.29 is 17.9 Å². The maximum Gasteiger partial charge on any atom is 0.574 e. The molecule has 0 saturated carbocycles. The number of nitrogens with one attached hydrogen (secondary N) is 1. The number of nitrogen functional groups attached to an aromatic ring is 1. The number of hydrogen-bond acceptors (Lipinski definition) is 10. The molecule has 0 bridgehead atoms. The largest absolute Gasteiger partial charge is 0.574 e. The third-order valence-electron chi connectivity index (χ3n) is 7.07. The first-order valence-electron chi connectivity index (χ1n) is 13.4. The van der Waals surface area contributed by atoms with Gasteiger partial charge in [-0.1, -0.05) is 12.1 Å². The van der Waals surface area contributed by atoms with Gasteiger partial charge in [-0.15, -0.1) is 13.2 Å². The smallest absolute Gasteiger partial charge is 0.388 e. The third-order valence-corrected chi connectivity index (χ3v) is 7.07. The van der Waals surface area contributed by atoms with Crippen LogP contribution in [0, 0.1) is 11.3 Å². The Morgan fingerprint density at radius 1 is 0.977 bits per heavy atom. The molecule has 0 aliphatic carbocycles. The molecule has 11 nitrogen and oxygen atoms in total. The summed E-state index contributed by atoms with van der Waals surface area (Å²) < 4.78 is 44.5. The molecule has 0 atom stereocenters. The number of imidazole rings is 1. The summed E-state index contributed by atoms with van der Waals surface area (Å²) in [5, 5.41) is 12.4. The van der Waals surface area contributed by atoms with Crippen LogP contribution < -0.4 is 15.8 Å². The molecule has 1 aliphatic heterocycles. The van der Waals surface area contributed by atoms with Crippen molar-refractivity contribution in [2.45, 2.75) is 31.8 Å². The number of nitrogens with two attached hydrogens (primary N) is 1. The van der Waals surface area contributed by atoms with Crippen LogP contribution in [-0.4, -0.2) is 59.9 Å². The summed E-state index contributed by atoms with van der Waals surface area (Å²) in [6.07, 6.45) is 0.0573. The molecular formula is C29H25F3N10O. The van der Waals surface area contributed by atoms with Gasteiger partial charge < -0.3 is 15.8 Å². The van der Waals surface area contributed by atoms with E-state index in [0.29, 0.717) is 28.4 Å². The highest BCUT2D eigenvalue weighted by atomic mass is 19.4. The van der Waals surface area contributed by atoms with E-state index in [1.54, 1.807) is 35.2 Å². The number of halogens is 3. The predicted octanol–water partition coefficient (Wildman–Crippen LogP) is 4.70. The van der Waals surface area contributed by atoms with Crippen LogP contribution in [0.1, 0.15) is 24.2 Å². The number of rotatable bonds is 7. The van der Waals surface area contributed by atoms with Gasteiger partial charge in [-0.05, 0) is 54.8 Å². The number of nitrogens with zero attached hydrogens (tertiary/aromatic N) is 8. The Bertz CT molecular complexity index is 1790. The van der Waals surface area contributed by atoms with Gasteiger partial charge in [-0.3, -0.25) is 9.47 Å². The summed E-state index contributed by atoms with van der Waals surface area (Å²) in [7, 11) is 0. The summed E-state index contributed by atoms with van der Waals surface area (Å²) >= 11 is 0. The lowest BCUT2D eigenvalue weighted by Crippen LogP contribution is -2.38. The Labute approximate surface area is 243 Å². The summed E-state index contributed by atoms with van der Waals surface area (Å²) in [5.41, 5.74) is 8.94. The highest BCUT2D eigenvalue weighted by molar-refractivity contribution is 5.83. The molecule has 43 heavy (non-hydrogen) atoms. The summed E-state index contributed by atoms with van der Waals surface area (Å²) in [6.45, 7) is 2.48. The van der Waals surface area contributed by atoms with Crippen LogP contribution in [0.5, 0.6) is 5.88 Å². The lowest BCUT2D eigenvalue weighted by atomic mass is 10.0. The molecule has 5 heterocycles. The Balaban J connectivity index is 1.21. The molecule has 1 saturated heterocycles. The second-order valence-corrected chi connectivity index (χ2v) is 9.99. The summed E-state index contributed by atoms with van der Waals surface area (Å²) in [4.78, 5) is 23.4. The Kier molecular flexibility index (Phi) is 7.47. The van der Waals surface area contributed by atoms with Gasteiger partial charge in [-0.25, -0.2) is 19.9 Å². The average Bonchev–Trinajstić information content (AvgIpc) is 3.36. The van der Waals surface area contributed by atoms with Gasteiger partial charge in [0.2, 0.25) is 11.7 Å². The highest BCUT2D eigenvalue weighted by Gasteiger charge is 2.32. The fourth-order valence-electron chi connectivity index (χ4n) is 5.09. The molecule has 3 N–H and O–H groups in total. The van der Waals surface area contributed by atoms with Crippen LogP contribution in [0.4, 0.5) is 24.8 Å². The van der Waals surface area contributed by atoms with Gasteiger partial charge in [-0.2, -0.15) is 10.2 Å². The van der Waals surface area contributed by atoms with Crippen LogP contribution >= 0.6 is 0 Å². The minimum absolute atomic E-state index is 0.136. The van der Waals surface area contributed by atoms with Crippen LogP contribution in [-0.2, 0) is 6.54 Å². The summed E-state index contributed by atoms with van der Waals surface area (Å²) in [6, 6.07) is 17.7. The molecule has 1 fully saturated rings. The zero-order valence-corrected chi connectivity index (χ0v) is 22.7. The number of anilines is 2. The average molecular weight is 587 g/mol. The van der Waals surface area contributed by atoms with E-state index in [2.05, 4.69) is 39.9 Å². The normalized spacial score (nSPS) is 14.5. The molecule has 14 heteroatoms. The van der Waals surface area contributed by atoms with E-state index in [9.17, 15) is 13.2 Å². The quantitative estimate of drug-likeness (QED) is 0.275. The molecule has 4 aromatic heterocycles. The van der Waals surface area contributed by atoms with Crippen LogP contribution in [0.15, 0.2) is 67.0 Å². The van der Waals surface area contributed by atoms with Crippen LogP contribution in [0.2, 0.25) is 0 Å². The van der Waals surface area contributed by atoms with Gasteiger partial charge in [0.1, 0.15) is 23.2 Å². The maximum atomic E-state index is 12.9. The number of ether oxygens (including phenoxy) is 1. The van der Waals surface area contributed by atoms with Crippen molar-refractivity contribution in [3.05, 3.63) is 78.4 Å². The standard InChI is InChI=1S/C29H25F3N10O/c30-29(31,32)43-25-8-7-22-28(40-25)42(27(38-22)21-2-1-12-36-26(21)34)20-5-3-18(4-6-20)17-41-14-10-19(11-15-41)37-23-9-13-35-24(16-33)39-23/h1-9,12-13,19H,10-11,14-15,17H2,(H2,34,36)(H,35,37,39). The topological polar surface area (TPSA) is 144 Å². The molecule has 1 aromatic carbocycles. The molecule has 0 unspecified atom stereocenters. The number of pyridine rings is 2. The van der Waals surface area contributed by atoms with E-state index in [0.717, 1.165) is 44.1 Å². The van der Waals surface area contributed by atoms with E-state index < -0.39 is 12.2 Å². The zero-order chi connectivity index (χ0) is 30.0. The van der Waals surface area contributed by atoms with Crippen molar-refractivity contribution >= 4 is 22.8 Å². The van der Waals surface area contributed by atoms with Gasteiger partial charge in [0.25, 0.3) is 0 Å². The van der Waals surface area contributed by atoms with Crippen molar-refractivity contribution in [2.75, 3.05) is 24.1 Å². The number of benzene rings is 1. The second kappa shape index (κ2) is 11.5. The number of alkyl halides is 3. The number of aromatic nitrogens is 6. The van der Waals surface area contributed by atoms with Crippen LogP contribution in [0.3, 0.4) is 0 Å². The SMILES string of the molecule is N#Cc1nccc(NC2CCN(Cc3ccc(-n4c(-c5cccnc5N)nc5ccc(OC(F)(F)F)nc54)cc3)CC2)n1. The summed E-state index contributed by atoms with van der Waals surface area (Å²) in [5.74, 6) is 0.811. The van der Waals surface area contributed by atoms with Gasteiger partial charge >= 0.3 is 6.36 Å². The minimum atomic E-state index is -4.88. The van der Waals surface area contributed by atoms with Gasteiger partial charge in [0.05, 0.1) is 5.56 Å². The Morgan fingerprint density at radius 2 is 1.77 bits per heavy atom. The molecule has 0 spiro atoms. The fraction of sp³-hybridized carbons (Fsp3) is 0.241. The molecule has 0 amide bonds. The maximum absolute atomic E-state index is 12.9. The first-order chi connectivity index (χ1) is 20.8. The van der Waals surface area contributed by atoms with Crippen molar-refractivity contribution in [2.24, 2.45) is 0 Å². The predicted molar refractivity (Wildman–Crippen MR) is 152 cm³/mol. The zero-order valence-electron chi connectivity index (χ0n) is 22.7. The van der Waals surface area contributed by atoms with Crippen LogP contribution in [0.25, 0.3) is 28.2 Å². The monoisotopic (exact) mass is 586 g/mol. The van der Waals surface area contributed by atoms with Crippen molar-refractivity contribution in [3.63, 3.8) is 0 Å². The lowest BCUT2D eigenvalue weighted by molar-refractivity contribution is -0.276. The van der Waals surface area contributed by atoms with Crippen molar-refractivity contribution in [1.82, 2.24) is 34.4 Å². The molecule has 6 rings (SSSR count). The fourth-order valence-corrected chi connectivity index (χ4v) is 5.09. The number of hydrogen-bond donors (Lipinski definition) is 2. The van der Waals surface area contributed by atoms with Crippen molar-refractivity contribution in [1.29, 1.82) is 5.26 Å². The van der Waals surface area contributed by atoms with E-state index >= 15 is 0 Å². The first-order valence-corrected chi connectivity index (χ1v) is 13.4. The second-order valence-electron chi connectivity index (χ2n) is 9.99.